The van der Waals surface area contributed by atoms with Gasteiger partial charge in [-0.05, 0) is 63.2 Å². The molecule has 1 amide bonds. The Morgan fingerprint density at radius 2 is 1.69 bits per heavy atom. The summed E-state index contributed by atoms with van der Waals surface area (Å²) in [5.74, 6) is -1.99. The van der Waals surface area contributed by atoms with Crippen molar-refractivity contribution in [3.05, 3.63) is 47.0 Å². The average Bonchev–Trinajstić information content (AvgIpc) is 3.02. The monoisotopic (exact) mass is 685 g/mol. The number of aliphatic hydroxyl groups is 2. The van der Waals surface area contributed by atoms with Gasteiger partial charge in [-0.1, -0.05) is 58.0 Å². The number of carbonyl (C=O) groups excluding carboxylic acids is 3. The Labute approximate surface area is 290 Å². The number of ketones is 1. The quantitative estimate of drug-likeness (QED) is 0.273. The van der Waals surface area contributed by atoms with Crippen molar-refractivity contribution in [3.8, 4) is 0 Å². The van der Waals surface area contributed by atoms with Gasteiger partial charge >= 0.3 is 12.1 Å². The third kappa shape index (κ3) is 5.83. The number of carbonyl (C=O) groups is 3. The van der Waals surface area contributed by atoms with Gasteiger partial charge < -0.3 is 39.2 Å². The molecular weight excluding hydrogens is 630 g/mol. The van der Waals surface area contributed by atoms with E-state index in [1.54, 1.807) is 65.1 Å². The summed E-state index contributed by atoms with van der Waals surface area (Å²) in [7, 11) is 3.09. The van der Waals surface area contributed by atoms with Crippen molar-refractivity contribution in [2.45, 2.75) is 123 Å². The highest BCUT2D eigenvalue weighted by Crippen LogP contribution is 2.67. The molecule has 272 valence electrons. The van der Waals surface area contributed by atoms with Gasteiger partial charge in [-0.2, -0.15) is 0 Å². The number of rotatable bonds is 7. The summed E-state index contributed by atoms with van der Waals surface area (Å²) in [4.78, 5) is 41.7. The third-order valence-electron chi connectivity index (χ3n) is 12.4. The van der Waals surface area contributed by atoms with E-state index in [2.05, 4.69) is 12.2 Å². The van der Waals surface area contributed by atoms with Gasteiger partial charge in [0.15, 0.2) is 11.9 Å². The number of ether oxygens (including phenoxy) is 5. The average molecular weight is 686 g/mol. The number of amides is 1. The molecule has 1 unspecified atom stereocenters. The maximum Gasteiger partial charge on any atom is 0.408 e. The molecule has 3 aliphatic carbocycles. The molecule has 0 aromatic heterocycles. The number of fused-ring (bicyclic) bond motifs is 5. The number of benzene rings is 1. The van der Waals surface area contributed by atoms with E-state index in [-0.39, 0.29) is 24.2 Å². The van der Waals surface area contributed by atoms with Crippen molar-refractivity contribution < 1.29 is 48.3 Å². The lowest BCUT2D eigenvalue weighted by Crippen LogP contribution is -2.75. The van der Waals surface area contributed by atoms with Crippen molar-refractivity contribution in [2.75, 3.05) is 20.8 Å². The van der Waals surface area contributed by atoms with Gasteiger partial charge in [-0.15, -0.1) is 0 Å². The summed E-state index contributed by atoms with van der Waals surface area (Å²) < 4.78 is 29.6. The number of nitrogens with one attached hydrogen (secondary N) is 1. The van der Waals surface area contributed by atoms with Crippen molar-refractivity contribution in [1.82, 2.24) is 5.32 Å². The lowest BCUT2D eigenvalue weighted by molar-refractivity contribution is -0.305. The molecule has 1 aliphatic heterocycles. The largest absolute Gasteiger partial charge is 0.456 e. The van der Waals surface area contributed by atoms with Crippen LogP contribution in [0.3, 0.4) is 0 Å². The van der Waals surface area contributed by atoms with Crippen LogP contribution in [0.5, 0.6) is 0 Å². The van der Waals surface area contributed by atoms with Crippen LogP contribution < -0.4 is 5.32 Å². The Balaban J connectivity index is 1.56. The van der Waals surface area contributed by atoms with E-state index < -0.39 is 75.9 Å². The van der Waals surface area contributed by atoms with Gasteiger partial charge in [0, 0.05) is 37.9 Å². The molecule has 3 fully saturated rings. The Kier molecular flexibility index (Phi) is 9.73. The second-order valence-corrected chi connectivity index (χ2v) is 16.5. The first-order chi connectivity index (χ1) is 22.7. The number of esters is 1. The Morgan fingerprint density at radius 3 is 2.22 bits per heavy atom. The lowest BCUT2D eigenvalue weighted by atomic mass is 9.40. The molecule has 1 aromatic rings. The number of hydrogen-bond donors (Lipinski definition) is 3. The zero-order chi connectivity index (χ0) is 36.5. The number of aliphatic hydroxyl groups excluding tert-OH is 1. The molecule has 0 radical (unpaired) electrons. The predicted molar refractivity (Wildman–Crippen MR) is 180 cm³/mol. The van der Waals surface area contributed by atoms with E-state index in [1.807, 2.05) is 27.7 Å². The maximum atomic E-state index is 15.0. The minimum Gasteiger partial charge on any atom is -0.456 e. The van der Waals surface area contributed by atoms with E-state index in [0.717, 1.165) is 0 Å². The van der Waals surface area contributed by atoms with Gasteiger partial charge in [0.1, 0.15) is 17.8 Å². The molecule has 11 heteroatoms. The molecule has 2 bridgehead atoms. The molecule has 2 saturated carbocycles. The number of methoxy groups -OCH3 is 2. The molecule has 4 aliphatic rings. The molecule has 1 saturated heterocycles. The minimum absolute atomic E-state index is 0.0148. The van der Waals surface area contributed by atoms with Crippen molar-refractivity contribution in [3.63, 3.8) is 0 Å². The Bertz CT molecular complexity index is 1480. The summed E-state index contributed by atoms with van der Waals surface area (Å²) in [6.07, 6.45) is -4.75. The molecule has 1 aromatic carbocycles. The summed E-state index contributed by atoms with van der Waals surface area (Å²) in [6.45, 7) is 17.2. The summed E-state index contributed by atoms with van der Waals surface area (Å²) in [5.41, 5.74) is -3.13. The zero-order valence-electron chi connectivity index (χ0n) is 30.8. The number of Topliss-reactive ketones (excluding diaryl/α,β-unsaturated/α-hetero) is 1. The fraction of sp³-hybridized carbons (Fsp3) is 0.711. The molecule has 11 atom stereocenters. The molecule has 1 heterocycles. The first kappa shape index (κ1) is 37.4. The van der Waals surface area contributed by atoms with Crippen LogP contribution in [0.4, 0.5) is 4.79 Å². The van der Waals surface area contributed by atoms with Crippen LogP contribution in [0.15, 0.2) is 41.5 Å². The second-order valence-electron chi connectivity index (χ2n) is 16.5. The molecule has 3 N–H and O–H groups in total. The minimum atomic E-state index is -1.82. The fourth-order valence-electron chi connectivity index (χ4n) is 9.87. The van der Waals surface area contributed by atoms with Gasteiger partial charge in [0.05, 0.1) is 35.9 Å². The van der Waals surface area contributed by atoms with Crippen LogP contribution in [-0.2, 0) is 33.3 Å². The van der Waals surface area contributed by atoms with Gasteiger partial charge in [-0.3, -0.25) is 4.79 Å². The Hall–Kier alpha value is -2.83. The molecule has 11 nitrogen and oxygen atoms in total. The molecule has 5 rings (SSSR count). The van der Waals surface area contributed by atoms with Crippen LogP contribution in [-0.4, -0.2) is 90.6 Å². The topological polar surface area (TPSA) is 150 Å². The van der Waals surface area contributed by atoms with Crippen LogP contribution >= 0.6 is 0 Å². The predicted octanol–water partition coefficient (Wildman–Crippen LogP) is 4.68. The van der Waals surface area contributed by atoms with Crippen LogP contribution in [0.25, 0.3) is 0 Å². The first-order valence-corrected chi connectivity index (χ1v) is 17.3. The number of alkyl carbamates (subject to hydrolysis) is 1. The zero-order valence-corrected chi connectivity index (χ0v) is 30.8. The van der Waals surface area contributed by atoms with E-state index in [4.69, 9.17) is 23.7 Å². The van der Waals surface area contributed by atoms with Gasteiger partial charge in [0.25, 0.3) is 0 Å². The van der Waals surface area contributed by atoms with Gasteiger partial charge in [-0.25, -0.2) is 9.59 Å². The van der Waals surface area contributed by atoms with E-state index in [9.17, 15) is 24.6 Å². The normalized spacial score (nSPS) is 38.1. The molecular formula is C38H55NO10. The van der Waals surface area contributed by atoms with Crippen LogP contribution in [0.1, 0.15) is 86.8 Å². The van der Waals surface area contributed by atoms with Crippen molar-refractivity contribution >= 4 is 17.8 Å². The summed E-state index contributed by atoms with van der Waals surface area (Å²) >= 11 is 0. The highest BCUT2D eigenvalue weighted by atomic mass is 16.6. The molecule has 49 heavy (non-hydrogen) atoms. The number of hydrogen-bond acceptors (Lipinski definition) is 10. The van der Waals surface area contributed by atoms with Gasteiger partial charge in [0.2, 0.25) is 0 Å². The highest BCUT2D eigenvalue weighted by molar-refractivity contribution is 5.93. The smallest absolute Gasteiger partial charge is 0.408 e. The van der Waals surface area contributed by atoms with E-state index in [0.29, 0.717) is 29.7 Å². The summed E-state index contributed by atoms with van der Waals surface area (Å²) in [6, 6.07) is 7.40. The lowest BCUT2D eigenvalue weighted by Gasteiger charge is -2.69. The SMILES string of the molecule is CO[C@H]1C(=O)[C@]2(C)[C@@H](OC)C[C@H]3OC[C@@]3(C)[C@H]2[C@H](C)[C@]2(O)CC(OC(=O)[C@H](O)[C@@H](NC(=O)OC(C)(C)C)c3ccccc3)C(C)=C1C2(C)C. The Morgan fingerprint density at radius 1 is 1.06 bits per heavy atom. The highest BCUT2D eigenvalue weighted by Gasteiger charge is 2.73. The first-order valence-electron chi connectivity index (χ1n) is 17.3. The standard InChI is InChI=1S/C38H55NO10/c1-20-23(48-32(42)28(40)27(22-15-13-12-14-16-22)39-33(43)49-34(3,4)5)18-38(44)21(2)30-36(8)19-47-24(36)17-25(45-10)37(30,9)31(41)29(46-11)26(20)35(38,6)7/h12-16,21,23-25,27-30,40,44H,17-19H2,1-11H3,(H,39,43)/t21-,23?,24+,25-,27-,28+,29+,30+,36+,37+,38+/m0/s1. The van der Waals surface area contributed by atoms with Crippen LogP contribution in [0.2, 0.25) is 0 Å². The fourth-order valence-corrected chi connectivity index (χ4v) is 9.87. The van der Waals surface area contributed by atoms with Crippen molar-refractivity contribution in [2.24, 2.45) is 28.1 Å². The maximum absolute atomic E-state index is 15.0. The third-order valence-corrected chi connectivity index (χ3v) is 12.4. The van der Waals surface area contributed by atoms with Crippen molar-refractivity contribution in [1.29, 1.82) is 0 Å². The molecule has 0 spiro atoms. The van der Waals surface area contributed by atoms with E-state index >= 15 is 0 Å². The van der Waals surface area contributed by atoms with E-state index in [1.165, 1.54) is 7.11 Å². The summed E-state index contributed by atoms with van der Waals surface area (Å²) in [5, 5.41) is 27.2. The second kappa shape index (κ2) is 12.7. The van der Waals surface area contributed by atoms with Crippen LogP contribution in [0, 0.1) is 28.1 Å².